The molecule has 0 saturated carbocycles. The lowest BCUT2D eigenvalue weighted by Crippen LogP contribution is -2.53. The van der Waals surface area contributed by atoms with E-state index in [2.05, 4.69) is 29.2 Å². The number of hydrogen-bond acceptors (Lipinski definition) is 3. The SMILES string of the molecule is O=C(CN1CCN(C(=O)C2CCCc3ccccc32)CC1)N1CCCCC1. The predicted molar refractivity (Wildman–Crippen MR) is 106 cm³/mol. The van der Waals surface area contributed by atoms with Gasteiger partial charge in [-0.3, -0.25) is 14.5 Å². The van der Waals surface area contributed by atoms with E-state index in [1.54, 1.807) is 0 Å². The lowest BCUT2D eigenvalue weighted by Gasteiger charge is -2.38. The van der Waals surface area contributed by atoms with Crippen molar-refractivity contribution in [2.75, 3.05) is 45.8 Å². The number of rotatable bonds is 3. The summed E-state index contributed by atoms with van der Waals surface area (Å²) in [7, 11) is 0. The molecule has 1 aromatic rings. The monoisotopic (exact) mass is 369 g/mol. The summed E-state index contributed by atoms with van der Waals surface area (Å²) in [5.41, 5.74) is 2.57. The second kappa shape index (κ2) is 8.42. The third-order valence-electron chi connectivity index (χ3n) is 6.42. The van der Waals surface area contributed by atoms with Crippen LogP contribution in [-0.2, 0) is 16.0 Å². The first-order chi connectivity index (χ1) is 13.2. The zero-order chi connectivity index (χ0) is 18.6. The third-order valence-corrected chi connectivity index (χ3v) is 6.42. The molecule has 2 heterocycles. The third kappa shape index (κ3) is 4.18. The van der Waals surface area contributed by atoms with Crippen molar-refractivity contribution in [1.82, 2.24) is 14.7 Å². The molecule has 27 heavy (non-hydrogen) atoms. The smallest absolute Gasteiger partial charge is 0.236 e. The maximum atomic E-state index is 13.1. The van der Waals surface area contributed by atoms with Crippen LogP contribution in [0.1, 0.15) is 49.1 Å². The molecule has 0 radical (unpaired) electrons. The van der Waals surface area contributed by atoms with E-state index in [1.165, 1.54) is 17.5 Å². The molecule has 2 fully saturated rings. The van der Waals surface area contributed by atoms with Crippen LogP contribution in [0, 0.1) is 0 Å². The summed E-state index contributed by atoms with van der Waals surface area (Å²) in [4.78, 5) is 31.8. The van der Waals surface area contributed by atoms with Crippen LogP contribution in [0.2, 0.25) is 0 Å². The number of piperazine rings is 1. The van der Waals surface area contributed by atoms with Crippen molar-refractivity contribution < 1.29 is 9.59 Å². The van der Waals surface area contributed by atoms with Crippen molar-refractivity contribution in [3.05, 3.63) is 35.4 Å². The Hall–Kier alpha value is -1.88. The Kier molecular flexibility index (Phi) is 5.77. The van der Waals surface area contributed by atoms with Gasteiger partial charge in [-0.2, -0.15) is 0 Å². The van der Waals surface area contributed by atoms with Gasteiger partial charge in [-0.25, -0.2) is 0 Å². The van der Waals surface area contributed by atoms with E-state index in [1.807, 2.05) is 9.80 Å². The van der Waals surface area contributed by atoms with E-state index in [0.29, 0.717) is 6.54 Å². The van der Waals surface area contributed by atoms with Crippen LogP contribution in [0.5, 0.6) is 0 Å². The van der Waals surface area contributed by atoms with Gasteiger partial charge in [-0.05, 0) is 49.7 Å². The van der Waals surface area contributed by atoms with Gasteiger partial charge in [0.25, 0.3) is 0 Å². The quantitative estimate of drug-likeness (QED) is 0.821. The fourth-order valence-corrected chi connectivity index (χ4v) is 4.79. The number of hydrogen-bond donors (Lipinski definition) is 0. The number of carbonyl (C=O) groups excluding carboxylic acids is 2. The van der Waals surface area contributed by atoms with E-state index in [9.17, 15) is 9.59 Å². The molecule has 0 bridgehead atoms. The van der Waals surface area contributed by atoms with Gasteiger partial charge >= 0.3 is 0 Å². The van der Waals surface area contributed by atoms with Gasteiger partial charge in [-0.1, -0.05) is 24.3 Å². The predicted octanol–water partition coefficient (Wildman–Crippen LogP) is 2.26. The van der Waals surface area contributed by atoms with Crippen molar-refractivity contribution in [3.63, 3.8) is 0 Å². The highest BCUT2D eigenvalue weighted by molar-refractivity contribution is 5.84. The zero-order valence-corrected chi connectivity index (χ0v) is 16.2. The first kappa shape index (κ1) is 18.5. The average molecular weight is 370 g/mol. The van der Waals surface area contributed by atoms with Crippen molar-refractivity contribution in [3.8, 4) is 0 Å². The minimum atomic E-state index is 0.0245. The fraction of sp³-hybridized carbons (Fsp3) is 0.636. The van der Waals surface area contributed by atoms with Gasteiger partial charge in [0.2, 0.25) is 11.8 Å². The van der Waals surface area contributed by atoms with Gasteiger partial charge in [0.15, 0.2) is 0 Å². The maximum Gasteiger partial charge on any atom is 0.236 e. The fourth-order valence-electron chi connectivity index (χ4n) is 4.79. The molecule has 2 aliphatic heterocycles. The Balaban J connectivity index is 1.30. The first-order valence-electron chi connectivity index (χ1n) is 10.6. The Morgan fingerprint density at radius 3 is 2.37 bits per heavy atom. The van der Waals surface area contributed by atoms with E-state index < -0.39 is 0 Å². The zero-order valence-electron chi connectivity index (χ0n) is 16.2. The van der Waals surface area contributed by atoms with Gasteiger partial charge in [0.05, 0.1) is 12.5 Å². The van der Waals surface area contributed by atoms with Gasteiger partial charge < -0.3 is 9.80 Å². The van der Waals surface area contributed by atoms with Crippen LogP contribution in [0.15, 0.2) is 24.3 Å². The molecule has 2 amide bonds. The highest BCUT2D eigenvalue weighted by Crippen LogP contribution is 2.33. The van der Waals surface area contributed by atoms with Crippen LogP contribution in [-0.4, -0.2) is 72.3 Å². The lowest BCUT2D eigenvalue weighted by atomic mass is 9.82. The molecule has 0 N–H and O–H groups in total. The largest absolute Gasteiger partial charge is 0.342 e. The number of likely N-dealkylation sites (tertiary alicyclic amines) is 1. The molecule has 146 valence electrons. The van der Waals surface area contributed by atoms with E-state index >= 15 is 0 Å². The lowest BCUT2D eigenvalue weighted by molar-refractivity contribution is -0.136. The Morgan fingerprint density at radius 1 is 0.852 bits per heavy atom. The molecular weight excluding hydrogens is 338 g/mol. The minimum absolute atomic E-state index is 0.0245. The molecule has 1 aromatic carbocycles. The second-order valence-corrected chi connectivity index (χ2v) is 8.19. The highest BCUT2D eigenvalue weighted by atomic mass is 16.2. The molecule has 5 nitrogen and oxygen atoms in total. The normalized spacial score (nSPS) is 23.8. The first-order valence-corrected chi connectivity index (χ1v) is 10.6. The summed E-state index contributed by atoms with van der Waals surface area (Å²) in [6.45, 7) is 5.43. The van der Waals surface area contributed by atoms with Crippen molar-refractivity contribution in [2.45, 2.75) is 44.4 Å². The standard InChI is InChI=1S/C22H31N3O2/c26-21(24-11-4-1-5-12-24)17-23-13-15-25(16-14-23)22(27)20-10-6-8-18-7-2-3-9-19(18)20/h2-3,7,9,20H,1,4-6,8,10-17H2. The van der Waals surface area contributed by atoms with Crippen LogP contribution in [0.3, 0.4) is 0 Å². The van der Waals surface area contributed by atoms with Crippen molar-refractivity contribution in [2.24, 2.45) is 0 Å². The molecule has 5 heteroatoms. The van der Waals surface area contributed by atoms with E-state index in [0.717, 1.165) is 71.4 Å². The van der Waals surface area contributed by atoms with E-state index in [-0.39, 0.29) is 17.7 Å². The summed E-state index contributed by atoms with van der Waals surface area (Å²) < 4.78 is 0. The van der Waals surface area contributed by atoms with E-state index in [4.69, 9.17) is 0 Å². The minimum Gasteiger partial charge on any atom is -0.342 e. The number of amides is 2. The summed E-state index contributed by atoms with van der Waals surface area (Å²) >= 11 is 0. The molecule has 0 spiro atoms. The summed E-state index contributed by atoms with van der Waals surface area (Å²) in [6.07, 6.45) is 6.66. The topological polar surface area (TPSA) is 43.9 Å². The van der Waals surface area contributed by atoms with Crippen molar-refractivity contribution in [1.29, 1.82) is 0 Å². The Labute approximate surface area is 162 Å². The van der Waals surface area contributed by atoms with Crippen LogP contribution in [0.25, 0.3) is 0 Å². The molecule has 2 saturated heterocycles. The van der Waals surface area contributed by atoms with Crippen LogP contribution >= 0.6 is 0 Å². The number of aryl methyl sites for hydroxylation is 1. The van der Waals surface area contributed by atoms with Gasteiger partial charge in [-0.15, -0.1) is 0 Å². The molecule has 3 aliphatic rings. The van der Waals surface area contributed by atoms with Gasteiger partial charge in [0.1, 0.15) is 0 Å². The Morgan fingerprint density at radius 2 is 1.59 bits per heavy atom. The summed E-state index contributed by atoms with van der Waals surface area (Å²) in [5.74, 6) is 0.566. The molecular formula is C22H31N3O2. The second-order valence-electron chi connectivity index (χ2n) is 8.19. The average Bonchev–Trinajstić information content (AvgIpc) is 2.74. The Bertz CT molecular complexity index is 676. The molecule has 1 atom stereocenters. The molecule has 1 aliphatic carbocycles. The number of benzene rings is 1. The number of carbonyl (C=O) groups is 2. The molecule has 0 aromatic heterocycles. The summed E-state index contributed by atoms with van der Waals surface area (Å²) in [6, 6.07) is 8.42. The number of piperidine rings is 1. The number of nitrogens with zero attached hydrogens (tertiary/aromatic N) is 3. The van der Waals surface area contributed by atoms with Crippen LogP contribution in [0.4, 0.5) is 0 Å². The van der Waals surface area contributed by atoms with Gasteiger partial charge in [0, 0.05) is 39.3 Å². The van der Waals surface area contributed by atoms with Crippen molar-refractivity contribution >= 4 is 11.8 Å². The maximum absolute atomic E-state index is 13.1. The molecule has 4 rings (SSSR count). The molecule has 1 unspecified atom stereocenters. The van der Waals surface area contributed by atoms with Crippen LogP contribution < -0.4 is 0 Å². The highest BCUT2D eigenvalue weighted by Gasteiger charge is 2.32. The summed E-state index contributed by atoms with van der Waals surface area (Å²) in [5, 5.41) is 0. The number of fused-ring (bicyclic) bond motifs is 1.